The number of halogens is 3. The number of aromatic nitrogens is 4. The Labute approximate surface area is 117 Å². The highest BCUT2D eigenvalue weighted by Crippen LogP contribution is 2.37. The predicted octanol–water partition coefficient (Wildman–Crippen LogP) is 2.66. The lowest BCUT2D eigenvalue weighted by atomic mass is 10.1. The second kappa shape index (κ2) is 4.65. The van der Waals surface area contributed by atoms with Gasteiger partial charge in [0.15, 0.2) is 0 Å². The van der Waals surface area contributed by atoms with E-state index in [4.69, 9.17) is 5.73 Å². The highest BCUT2D eigenvalue weighted by molar-refractivity contribution is 5.66. The molecule has 3 aromatic rings. The molecule has 2 heterocycles. The zero-order valence-electron chi connectivity index (χ0n) is 10.6. The maximum Gasteiger partial charge on any atom is 0.418 e. The van der Waals surface area contributed by atoms with E-state index in [1.54, 1.807) is 10.8 Å². The molecule has 108 valence electrons. The molecule has 0 aliphatic rings. The molecular weight excluding hydrogens is 283 g/mol. The third-order valence-corrected chi connectivity index (χ3v) is 3.02. The molecule has 0 atom stereocenters. The van der Waals surface area contributed by atoms with Crippen LogP contribution in [-0.4, -0.2) is 19.1 Å². The van der Waals surface area contributed by atoms with Gasteiger partial charge in [-0.3, -0.25) is 0 Å². The van der Waals surface area contributed by atoms with Crippen LogP contribution < -0.4 is 5.73 Å². The van der Waals surface area contributed by atoms with Gasteiger partial charge in [-0.2, -0.15) is 13.2 Å². The van der Waals surface area contributed by atoms with Crippen LogP contribution in [0.3, 0.4) is 0 Å². The van der Waals surface area contributed by atoms with E-state index < -0.39 is 11.7 Å². The summed E-state index contributed by atoms with van der Waals surface area (Å²) < 4.78 is 42.4. The average molecular weight is 293 g/mol. The van der Waals surface area contributed by atoms with Crippen molar-refractivity contribution in [1.29, 1.82) is 0 Å². The minimum atomic E-state index is -4.51. The number of benzene rings is 1. The molecule has 8 heteroatoms. The molecule has 0 amide bonds. The van der Waals surface area contributed by atoms with Crippen LogP contribution in [0, 0.1) is 0 Å². The molecule has 2 aromatic heterocycles. The fourth-order valence-corrected chi connectivity index (χ4v) is 2.06. The van der Waals surface area contributed by atoms with Crippen molar-refractivity contribution in [2.24, 2.45) is 0 Å². The fourth-order valence-electron chi connectivity index (χ4n) is 2.06. The highest BCUT2D eigenvalue weighted by atomic mass is 19.4. The van der Waals surface area contributed by atoms with Gasteiger partial charge in [0.25, 0.3) is 0 Å². The molecule has 1 aromatic carbocycles. The monoisotopic (exact) mass is 293 g/mol. The number of anilines is 1. The highest BCUT2D eigenvalue weighted by Gasteiger charge is 2.35. The summed E-state index contributed by atoms with van der Waals surface area (Å²) in [5.41, 5.74) is 5.34. The van der Waals surface area contributed by atoms with Crippen LogP contribution in [-0.2, 0) is 6.18 Å². The molecule has 0 aliphatic carbocycles. The van der Waals surface area contributed by atoms with Gasteiger partial charge in [-0.05, 0) is 12.1 Å². The SMILES string of the molecule is Nc1cc(C(F)(F)F)c(-n2ccnc2)cc1-n1ccnc1. The Morgan fingerprint density at radius 1 is 0.905 bits per heavy atom. The van der Waals surface area contributed by atoms with E-state index >= 15 is 0 Å². The Morgan fingerprint density at radius 2 is 1.48 bits per heavy atom. The lowest BCUT2D eigenvalue weighted by Crippen LogP contribution is -2.12. The summed E-state index contributed by atoms with van der Waals surface area (Å²) in [6, 6.07) is 2.28. The van der Waals surface area contributed by atoms with Gasteiger partial charge in [-0.25, -0.2) is 9.97 Å². The zero-order chi connectivity index (χ0) is 15.0. The number of nitrogens with zero attached hydrogens (tertiary/aromatic N) is 4. The van der Waals surface area contributed by atoms with Crippen LogP contribution in [0.15, 0.2) is 49.6 Å². The van der Waals surface area contributed by atoms with Gasteiger partial charge in [-0.15, -0.1) is 0 Å². The zero-order valence-corrected chi connectivity index (χ0v) is 10.6. The van der Waals surface area contributed by atoms with Crippen molar-refractivity contribution in [3.8, 4) is 11.4 Å². The first-order chi connectivity index (χ1) is 9.97. The molecule has 0 radical (unpaired) electrons. The molecule has 2 N–H and O–H groups in total. The van der Waals surface area contributed by atoms with Crippen molar-refractivity contribution in [2.75, 3.05) is 5.73 Å². The van der Waals surface area contributed by atoms with Gasteiger partial charge in [-0.1, -0.05) is 0 Å². The second-order valence-corrected chi connectivity index (χ2v) is 4.37. The van der Waals surface area contributed by atoms with Crippen LogP contribution in [0.5, 0.6) is 0 Å². The van der Waals surface area contributed by atoms with Crippen LogP contribution in [0.25, 0.3) is 11.4 Å². The molecule has 21 heavy (non-hydrogen) atoms. The number of hydrogen-bond acceptors (Lipinski definition) is 3. The third kappa shape index (κ3) is 2.35. The molecule has 0 saturated heterocycles. The third-order valence-electron chi connectivity index (χ3n) is 3.02. The minimum Gasteiger partial charge on any atom is -0.397 e. The van der Waals surface area contributed by atoms with Crippen LogP contribution in [0.1, 0.15) is 5.56 Å². The number of nitrogen functional groups attached to an aromatic ring is 1. The summed E-state index contributed by atoms with van der Waals surface area (Å²) in [5, 5.41) is 0. The molecule has 0 bridgehead atoms. The summed E-state index contributed by atoms with van der Waals surface area (Å²) in [6.07, 6.45) is 4.24. The Bertz CT molecular complexity index is 745. The van der Waals surface area contributed by atoms with Gasteiger partial charge in [0.05, 0.1) is 35.3 Å². The van der Waals surface area contributed by atoms with Crippen LogP contribution >= 0.6 is 0 Å². The normalized spacial score (nSPS) is 11.8. The van der Waals surface area contributed by atoms with E-state index in [0.717, 1.165) is 6.07 Å². The first-order valence-corrected chi connectivity index (χ1v) is 5.94. The van der Waals surface area contributed by atoms with Gasteiger partial charge in [0.2, 0.25) is 0 Å². The topological polar surface area (TPSA) is 61.7 Å². The number of imidazole rings is 2. The maximum absolute atomic E-state index is 13.2. The Morgan fingerprint density at radius 3 is 1.95 bits per heavy atom. The Hall–Kier alpha value is -2.77. The first kappa shape index (κ1) is 13.2. The van der Waals surface area contributed by atoms with E-state index in [0.29, 0.717) is 5.69 Å². The predicted molar refractivity (Wildman–Crippen MR) is 70.1 cm³/mol. The Kier molecular flexibility index (Phi) is 2.93. The molecule has 0 aliphatic heterocycles. The van der Waals surface area contributed by atoms with Crippen LogP contribution in [0.4, 0.5) is 18.9 Å². The van der Waals surface area contributed by atoms with E-state index in [2.05, 4.69) is 9.97 Å². The summed E-state index contributed by atoms with van der Waals surface area (Å²) in [7, 11) is 0. The molecule has 0 unspecified atom stereocenters. The molecular formula is C13H10F3N5. The van der Waals surface area contributed by atoms with Crippen LogP contribution in [0.2, 0.25) is 0 Å². The van der Waals surface area contributed by atoms with Crippen molar-refractivity contribution in [2.45, 2.75) is 6.18 Å². The summed E-state index contributed by atoms with van der Waals surface area (Å²) in [5.74, 6) is 0. The van der Waals surface area contributed by atoms with Gasteiger partial charge in [0.1, 0.15) is 0 Å². The van der Waals surface area contributed by atoms with Crippen molar-refractivity contribution in [3.05, 3.63) is 55.1 Å². The standard InChI is InChI=1S/C13H10F3N5/c14-13(15,16)9-5-10(17)12(21-4-2-19-8-21)6-11(9)20-3-1-18-7-20/h1-8H,17H2. The second-order valence-electron chi connectivity index (χ2n) is 4.37. The number of nitrogens with two attached hydrogens (primary N) is 1. The summed E-state index contributed by atoms with van der Waals surface area (Å²) >= 11 is 0. The molecule has 0 fully saturated rings. The van der Waals surface area contributed by atoms with E-state index in [1.165, 1.54) is 41.9 Å². The lowest BCUT2D eigenvalue weighted by molar-refractivity contribution is -0.137. The fraction of sp³-hybridized carbons (Fsp3) is 0.0769. The van der Waals surface area contributed by atoms with Gasteiger partial charge in [0, 0.05) is 24.8 Å². The average Bonchev–Trinajstić information content (AvgIpc) is 3.10. The van der Waals surface area contributed by atoms with Crippen molar-refractivity contribution < 1.29 is 13.2 Å². The number of rotatable bonds is 2. The van der Waals surface area contributed by atoms with Crippen molar-refractivity contribution in [1.82, 2.24) is 19.1 Å². The maximum atomic E-state index is 13.2. The van der Waals surface area contributed by atoms with E-state index in [-0.39, 0.29) is 11.4 Å². The van der Waals surface area contributed by atoms with E-state index in [1.807, 2.05) is 0 Å². The summed E-state index contributed by atoms with van der Waals surface area (Å²) in [6.45, 7) is 0. The summed E-state index contributed by atoms with van der Waals surface area (Å²) in [4.78, 5) is 7.65. The number of alkyl halides is 3. The molecule has 0 spiro atoms. The quantitative estimate of drug-likeness (QED) is 0.739. The lowest BCUT2D eigenvalue weighted by Gasteiger charge is -2.17. The molecule has 5 nitrogen and oxygen atoms in total. The number of hydrogen-bond donors (Lipinski definition) is 1. The van der Waals surface area contributed by atoms with Crippen molar-refractivity contribution in [3.63, 3.8) is 0 Å². The smallest absolute Gasteiger partial charge is 0.397 e. The molecule has 0 saturated carbocycles. The molecule has 3 rings (SSSR count). The van der Waals surface area contributed by atoms with E-state index in [9.17, 15) is 13.2 Å². The largest absolute Gasteiger partial charge is 0.418 e. The Balaban J connectivity index is 2.26. The van der Waals surface area contributed by atoms with Crippen molar-refractivity contribution >= 4 is 5.69 Å². The van der Waals surface area contributed by atoms with Gasteiger partial charge < -0.3 is 14.9 Å². The minimum absolute atomic E-state index is 0.0178. The first-order valence-electron chi connectivity index (χ1n) is 5.94. The van der Waals surface area contributed by atoms with Gasteiger partial charge >= 0.3 is 6.18 Å².